The Bertz CT molecular complexity index is 326. The Balaban J connectivity index is 0. The Kier molecular flexibility index (Phi) is 20.1. The van der Waals surface area contributed by atoms with Crippen LogP contribution in [-0.2, 0) is 14.3 Å². The number of ether oxygens (including phenoxy) is 2. The van der Waals surface area contributed by atoms with E-state index in [1.807, 2.05) is 0 Å². The van der Waals surface area contributed by atoms with E-state index >= 15 is 0 Å². The number of nitrogens with zero attached hydrogens (tertiary/aromatic N) is 1. The van der Waals surface area contributed by atoms with Crippen molar-refractivity contribution in [1.82, 2.24) is 10.6 Å². The summed E-state index contributed by atoms with van der Waals surface area (Å²) < 4.78 is 10.2. The normalized spacial score (nSPS) is 11.1. The third-order valence-electron chi connectivity index (χ3n) is 3.43. The number of carbonyl (C=O) groups is 1. The minimum Gasteiger partial charge on any atom is -0.469 e. The van der Waals surface area contributed by atoms with Crippen LogP contribution in [0.4, 0.5) is 0 Å². The second-order valence-corrected chi connectivity index (χ2v) is 5.96. The molecule has 0 aliphatic carbocycles. The lowest BCUT2D eigenvalue weighted by atomic mass is 10.1. The van der Waals surface area contributed by atoms with Crippen molar-refractivity contribution in [2.75, 3.05) is 40.5 Å². The molecule has 0 atom stereocenters. The summed E-state index contributed by atoms with van der Waals surface area (Å²) in [4.78, 5) is 15.1. The van der Waals surface area contributed by atoms with Crippen molar-refractivity contribution in [1.29, 1.82) is 0 Å². The molecule has 0 aromatic rings. The minimum atomic E-state index is -0.122. The predicted octanol–water partition coefficient (Wildman–Crippen LogP) is 2.96. The van der Waals surface area contributed by atoms with Crippen LogP contribution in [0, 0.1) is 5.92 Å². The number of hydrogen-bond acceptors (Lipinski definition) is 4. The SMILES string of the molecule is CN=C(NCCCCCCC(=O)OC)NCCOCCC(C)C.I. The van der Waals surface area contributed by atoms with Crippen LogP contribution in [0.25, 0.3) is 0 Å². The standard InChI is InChI=1S/C17H35N3O3.HI/c1-15(2)10-13-23-14-12-20-17(18-3)19-11-8-6-5-7-9-16(21)22-4;/h15H,5-14H2,1-4H3,(H2,18,19,20);1H. The van der Waals surface area contributed by atoms with Crippen LogP contribution < -0.4 is 10.6 Å². The van der Waals surface area contributed by atoms with Crippen LogP contribution >= 0.6 is 24.0 Å². The number of carbonyl (C=O) groups excluding carboxylic acids is 1. The number of unbranched alkanes of at least 4 members (excludes halogenated alkanes) is 3. The smallest absolute Gasteiger partial charge is 0.305 e. The quantitative estimate of drug-likeness (QED) is 0.146. The highest BCUT2D eigenvalue weighted by atomic mass is 127. The van der Waals surface area contributed by atoms with Crippen molar-refractivity contribution >= 4 is 35.9 Å². The monoisotopic (exact) mass is 457 g/mol. The fourth-order valence-corrected chi connectivity index (χ4v) is 1.94. The summed E-state index contributed by atoms with van der Waals surface area (Å²) in [7, 11) is 3.20. The van der Waals surface area contributed by atoms with E-state index < -0.39 is 0 Å². The Labute approximate surface area is 164 Å². The Hall–Kier alpha value is -0.570. The molecule has 2 N–H and O–H groups in total. The van der Waals surface area contributed by atoms with Gasteiger partial charge in [-0.3, -0.25) is 9.79 Å². The molecule has 0 heterocycles. The fraction of sp³-hybridized carbons (Fsp3) is 0.882. The number of aliphatic imine (C=N–C) groups is 1. The van der Waals surface area contributed by atoms with Crippen LogP contribution in [0.15, 0.2) is 4.99 Å². The van der Waals surface area contributed by atoms with E-state index in [1.165, 1.54) is 7.11 Å². The minimum absolute atomic E-state index is 0. The molecule has 0 aliphatic rings. The molecule has 0 saturated heterocycles. The molecule has 0 aromatic heterocycles. The molecule has 0 bridgehead atoms. The van der Waals surface area contributed by atoms with Gasteiger partial charge >= 0.3 is 5.97 Å². The lowest BCUT2D eigenvalue weighted by Gasteiger charge is -2.12. The van der Waals surface area contributed by atoms with Gasteiger partial charge in [0.05, 0.1) is 13.7 Å². The van der Waals surface area contributed by atoms with Gasteiger partial charge in [-0.1, -0.05) is 26.7 Å². The molecule has 24 heavy (non-hydrogen) atoms. The largest absolute Gasteiger partial charge is 0.469 e. The molecule has 0 radical (unpaired) electrons. The van der Waals surface area contributed by atoms with E-state index in [2.05, 4.69) is 34.2 Å². The second-order valence-electron chi connectivity index (χ2n) is 5.96. The third kappa shape index (κ3) is 17.8. The number of nitrogens with one attached hydrogen (secondary N) is 2. The molecular formula is C17H36IN3O3. The molecule has 0 unspecified atom stereocenters. The lowest BCUT2D eigenvalue weighted by molar-refractivity contribution is -0.140. The maximum Gasteiger partial charge on any atom is 0.305 e. The predicted molar refractivity (Wildman–Crippen MR) is 110 cm³/mol. The summed E-state index contributed by atoms with van der Waals surface area (Å²) in [6.45, 7) is 7.55. The average molecular weight is 457 g/mol. The highest BCUT2D eigenvalue weighted by Gasteiger charge is 2.00. The molecule has 0 amide bonds. The molecule has 0 spiro atoms. The molecule has 7 heteroatoms. The summed E-state index contributed by atoms with van der Waals surface area (Å²) in [5, 5.41) is 6.52. The summed E-state index contributed by atoms with van der Waals surface area (Å²) in [6, 6.07) is 0. The van der Waals surface area contributed by atoms with Gasteiger partial charge < -0.3 is 20.1 Å². The highest BCUT2D eigenvalue weighted by Crippen LogP contribution is 2.03. The summed E-state index contributed by atoms with van der Waals surface area (Å²) >= 11 is 0. The first-order valence-corrected chi connectivity index (χ1v) is 8.69. The Morgan fingerprint density at radius 1 is 1.04 bits per heavy atom. The number of methoxy groups -OCH3 is 1. The number of rotatable bonds is 13. The van der Waals surface area contributed by atoms with Crippen molar-refractivity contribution in [3.8, 4) is 0 Å². The molecule has 0 rings (SSSR count). The molecular weight excluding hydrogens is 421 g/mol. The topological polar surface area (TPSA) is 72.0 Å². The van der Waals surface area contributed by atoms with E-state index in [4.69, 9.17) is 4.74 Å². The second kappa shape index (κ2) is 18.8. The number of guanidine groups is 1. The molecule has 6 nitrogen and oxygen atoms in total. The molecule has 0 aliphatic heterocycles. The number of halogens is 1. The van der Waals surface area contributed by atoms with E-state index in [-0.39, 0.29) is 29.9 Å². The maximum atomic E-state index is 11.0. The summed E-state index contributed by atoms with van der Waals surface area (Å²) in [5.74, 6) is 1.38. The van der Waals surface area contributed by atoms with Crippen molar-refractivity contribution in [2.24, 2.45) is 10.9 Å². The Morgan fingerprint density at radius 3 is 2.33 bits per heavy atom. The van der Waals surface area contributed by atoms with Crippen LogP contribution in [0.5, 0.6) is 0 Å². The summed E-state index contributed by atoms with van der Waals surface area (Å²) in [6.07, 6.45) is 5.72. The van der Waals surface area contributed by atoms with Gasteiger partial charge in [-0.25, -0.2) is 0 Å². The zero-order valence-electron chi connectivity index (χ0n) is 15.7. The fourth-order valence-electron chi connectivity index (χ4n) is 1.94. The molecule has 0 aromatic carbocycles. The van der Waals surface area contributed by atoms with Gasteiger partial charge in [-0.15, -0.1) is 24.0 Å². The van der Waals surface area contributed by atoms with Gasteiger partial charge in [-0.05, 0) is 25.2 Å². The van der Waals surface area contributed by atoms with Gasteiger partial charge in [0.2, 0.25) is 0 Å². The van der Waals surface area contributed by atoms with E-state index in [9.17, 15) is 4.79 Å². The van der Waals surface area contributed by atoms with Gasteiger partial charge in [0, 0.05) is 33.2 Å². The lowest BCUT2D eigenvalue weighted by Crippen LogP contribution is -2.39. The van der Waals surface area contributed by atoms with E-state index in [0.717, 1.165) is 57.8 Å². The van der Waals surface area contributed by atoms with E-state index in [1.54, 1.807) is 7.05 Å². The van der Waals surface area contributed by atoms with Gasteiger partial charge in [-0.2, -0.15) is 0 Å². The number of esters is 1. The van der Waals surface area contributed by atoms with Gasteiger partial charge in [0.15, 0.2) is 5.96 Å². The van der Waals surface area contributed by atoms with Crippen LogP contribution in [-0.4, -0.2) is 52.4 Å². The first kappa shape index (κ1) is 25.7. The first-order chi connectivity index (χ1) is 11.1. The van der Waals surface area contributed by atoms with Crippen LogP contribution in [0.2, 0.25) is 0 Å². The summed E-state index contributed by atoms with van der Waals surface area (Å²) in [5.41, 5.74) is 0. The van der Waals surface area contributed by atoms with Crippen molar-refractivity contribution in [3.05, 3.63) is 0 Å². The first-order valence-electron chi connectivity index (χ1n) is 8.69. The average Bonchev–Trinajstić information content (AvgIpc) is 2.54. The molecule has 144 valence electrons. The van der Waals surface area contributed by atoms with E-state index in [0.29, 0.717) is 18.9 Å². The zero-order chi connectivity index (χ0) is 17.3. The Morgan fingerprint density at radius 2 is 1.71 bits per heavy atom. The number of hydrogen-bond donors (Lipinski definition) is 2. The molecule has 0 fully saturated rings. The maximum absolute atomic E-state index is 11.0. The van der Waals surface area contributed by atoms with Crippen molar-refractivity contribution in [3.63, 3.8) is 0 Å². The van der Waals surface area contributed by atoms with Crippen molar-refractivity contribution in [2.45, 2.75) is 52.4 Å². The van der Waals surface area contributed by atoms with Crippen LogP contribution in [0.3, 0.4) is 0 Å². The highest BCUT2D eigenvalue weighted by molar-refractivity contribution is 14.0. The van der Waals surface area contributed by atoms with Gasteiger partial charge in [0.25, 0.3) is 0 Å². The zero-order valence-corrected chi connectivity index (χ0v) is 18.1. The van der Waals surface area contributed by atoms with Crippen LogP contribution in [0.1, 0.15) is 52.4 Å². The third-order valence-corrected chi connectivity index (χ3v) is 3.43. The van der Waals surface area contributed by atoms with Crippen molar-refractivity contribution < 1.29 is 14.3 Å². The van der Waals surface area contributed by atoms with Gasteiger partial charge in [0.1, 0.15) is 0 Å². The molecule has 0 saturated carbocycles.